The first-order valence-electron chi connectivity index (χ1n) is 6.74. The van der Waals surface area contributed by atoms with E-state index in [0.29, 0.717) is 11.4 Å². The van der Waals surface area contributed by atoms with E-state index >= 15 is 0 Å². The number of aliphatic imine (C=N–C) groups is 2. The van der Waals surface area contributed by atoms with Gasteiger partial charge in [0.05, 0.1) is 11.4 Å². The molecule has 0 atom stereocenters. The summed E-state index contributed by atoms with van der Waals surface area (Å²) in [6.45, 7) is 0. The smallest absolute Gasteiger partial charge is 0.350 e. The fourth-order valence-corrected chi connectivity index (χ4v) is 3.04. The van der Waals surface area contributed by atoms with Crippen molar-refractivity contribution in [1.29, 1.82) is 0 Å². The summed E-state index contributed by atoms with van der Waals surface area (Å²) in [6.07, 6.45) is 0.570. The first-order chi connectivity index (χ1) is 10.5. The highest BCUT2D eigenvalue weighted by Gasteiger charge is 2.26. The molecular formula is C16H10N2O4. The van der Waals surface area contributed by atoms with Crippen LogP contribution in [0.25, 0.3) is 10.8 Å². The van der Waals surface area contributed by atoms with Crippen molar-refractivity contribution in [2.24, 2.45) is 9.98 Å². The summed E-state index contributed by atoms with van der Waals surface area (Å²) >= 11 is 0. The Bertz CT molecular complexity index is 864. The number of carboxylic acid groups (broad SMARTS) is 2. The van der Waals surface area contributed by atoms with E-state index < -0.39 is 11.9 Å². The molecule has 0 bridgehead atoms. The van der Waals surface area contributed by atoms with Gasteiger partial charge in [0.25, 0.3) is 0 Å². The molecule has 0 saturated heterocycles. The van der Waals surface area contributed by atoms with Gasteiger partial charge in [-0.15, -0.1) is 0 Å². The zero-order valence-electron chi connectivity index (χ0n) is 11.3. The van der Waals surface area contributed by atoms with E-state index in [1.54, 1.807) is 12.1 Å². The van der Waals surface area contributed by atoms with Crippen LogP contribution in [-0.4, -0.2) is 33.6 Å². The number of nitrogens with zero attached hydrogens (tertiary/aromatic N) is 2. The minimum atomic E-state index is -1.01. The first kappa shape index (κ1) is 12.7. The second-order valence-corrected chi connectivity index (χ2v) is 5.30. The van der Waals surface area contributed by atoms with Crippen LogP contribution in [0.3, 0.4) is 0 Å². The van der Waals surface area contributed by atoms with Crippen molar-refractivity contribution in [1.82, 2.24) is 0 Å². The lowest BCUT2D eigenvalue weighted by Gasteiger charge is -2.08. The lowest BCUT2D eigenvalue weighted by Crippen LogP contribution is -2.12. The number of benzene rings is 2. The van der Waals surface area contributed by atoms with Crippen LogP contribution in [0.2, 0.25) is 0 Å². The molecule has 2 N–H and O–H groups in total. The largest absolute Gasteiger partial charge is 0.477 e. The third kappa shape index (κ3) is 1.67. The molecule has 0 aliphatic carbocycles. The van der Waals surface area contributed by atoms with E-state index in [4.69, 9.17) is 10.2 Å². The molecule has 0 aromatic heterocycles. The van der Waals surface area contributed by atoms with Crippen molar-refractivity contribution in [2.75, 3.05) is 0 Å². The quantitative estimate of drug-likeness (QED) is 0.887. The molecule has 0 unspecified atom stereocenters. The Labute approximate surface area is 124 Å². The van der Waals surface area contributed by atoms with Crippen LogP contribution in [0.15, 0.2) is 34.3 Å². The maximum atomic E-state index is 11.1. The van der Waals surface area contributed by atoms with Crippen LogP contribution in [0, 0.1) is 0 Å². The van der Waals surface area contributed by atoms with Crippen LogP contribution in [0.5, 0.6) is 0 Å². The van der Waals surface area contributed by atoms with Gasteiger partial charge >= 0.3 is 11.9 Å². The highest BCUT2D eigenvalue weighted by Crippen LogP contribution is 2.39. The zero-order valence-corrected chi connectivity index (χ0v) is 11.3. The van der Waals surface area contributed by atoms with E-state index in [9.17, 15) is 9.59 Å². The van der Waals surface area contributed by atoms with Crippen LogP contribution in [0.1, 0.15) is 11.1 Å². The molecule has 0 amide bonds. The van der Waals surface area contributed by atoms with Gasteiger partial charge in [0, 0.05) is 12.8 Å². The summed E-state index contributed by atoms with van der Waals surface area (Å²) in [5, 5.41) is 20.0. The van der Waals surface area contributed by atoms with Crippen molar-refractivity contribution < 1.29 is 19.8 Å². The molecule has 0 spiro atoms. The number of fused-ring (bicyclic) bond motifs is 5. The average Bonchev–Trinajstić information content (AvgIpc) is 3.10. The average molecular weight is 294 g/mol. The summed E-state index contributed by atoms with van der Waals surface area (Å²) in [4.78, 5) is 30.5. The van der Waals surface area contributed by atoms with Crippen LogP contribution in [0.4, 0.5) is 11.4 Å². The van der Waals surface area contributed by atoms with E-state index in [-0.39, 0.29) is 24.3 Å². The minimum absolute atomic E-state index is 0.130. The highest BCUT2D eigenvalue weighted by atomic mass is 16.4. The first-order valence-corrected chi connectivity index (χ1v) is 6.74. The summed E-state index contributed by atoms with van der Waals surface area (Å²) in [5.74, 6) is -2.02. The molecule has 2 aliphatic heterocycles. The lowest BCUT2D eigenvalue weighted by molar-refractivity contribution is -0.130. The standard InChI is InChI=1S/C16H10N2O4/c19-15(20)13-5-9-7-1-3-11-10(6-14(17-11)16(21)22)8(7)2-4-12(9)18-13/h1-4H,5-6H2,(H,19,20)(H,21,22). The van der Waals surface area contributed by atoms with Crippen LogP contribution >= 0.6 is 0 Å². The van der Waals surface area contributed by atoms with E-state index in [2.05, 4.69) is 9.98 Å². The predicted molar refractivity (Wildman–Crippen MR) is 80.8 cm³/mol. The van der Waals surface area contributed by atoms with Gasteiger partial charge in [0.1, 0.15) is 11.4 Å². The van der Waals surface area contributed by atoms with Crippen molar-refractivity contribution in [3.8, 4) is 0 Å². The number of carboxylic acids is 2. The van der Waals surface area contributed by atoms with Gasteiger partial charge in [-0.3, -0.25) is 0 Å². The molecule has 2 heterocycles. The van der Waals surface area contributed by atoms with Crippen molar-refractivity contribution in [3.05, 3.63) is 35.4 Å². The Hall–Kier alpha value is -3.02. The molecule has 6 heteroatoms. The van der Waals surface area contributed by atoms with Crippen molar-refractivity contribution in [3.63, 3.8) is 0 Å². The Kier molecular flexibility index (Phi) is 2.45. The number of hydrogen-bond donors (Lipinski definition) is 2. The van der Waals surface area contributed by atoms with Crippen molar-refractivity contribution >= 4 is 45.5 Å². The molecule has 108 valence electrons. The summed E-state index contributed by atoms with van der Waals surface area (Å²) < 4.78 is 0. The van der Waals surface area contributed by atoms with Crippen LogP contribution in [-0.2, 0) is 22.4 Å². The normalized spacial score (nSPS) is 15.3. The topological polar surface area (TPSA) is 99.3 Å². The Morgan fingerprint density at radius 3 is 1.55 bits per heavy atom. The third-order valence-corrected chi connectivity index (χ3v) is 4.07. The second kappa shape index (κ2) is 4.24. The minimum Gasteiger partial charge on any atom is -0.477 e. The molecule has 4 rings (SSSR count). The summed E-state index contributed by atoms with van der Waals surface area (Å²) in [5.41, 5.74) is 3.35. The molecular weight excluding hydrogens is 284 g/mol. The second-order valence-electron chi connectivity index (χ2n) is 5.30. The number of carbonyl (C=O) groups is 2. The van der Waals surface area contributed by atoms with Crippen molar-refractivity contribution in [2.45, 2.75) is 12.8 Å². The van der Waals surface area contributed by atoms with Crippen LogP contribution < -0.4 is 0 Å². The predicted octanol–water partition coefficient (Wildman–Crippen LogP) is 2.27. The lowest BCUT2D eigenvalue weighted by atomic mass is 9.95. The molecule has 6 nitrogen and oxygen atoms in total. The maximum absolute atomic E-state index is 11.1. The molecule has 0 saturated carbocycles. The Morgan fingerprint density at radius 2 is 1.18 bits per heavy atom. The van der Waals surface area contributed by atoms with Gasteiger partial charge in [0.15, 0.2) is 0 Å². The fourth-order valence-electron chi connectivity index (χ4n) is 3.04. The van der Waals surface area contributed by atoms with Gasteiger partial charge in [-0.05, 0) is 34.0 Å². The summed E-state index contributed by atoms with van der Waals surface area (Å²) in [7, 11) is 0. The highest BCUT2D eigenvalue weighted by molar-refractivity contribution is 6.39. The Morgan fingerprint density at radius 1 is 0.773 bits per heavy atom. The fraction of sp³-hybridized carbons (Fsp3) is 0.125. The number of aliphatic carboxylic acids is 2. The van der Waals surface area contributed by atoms with Gasteiger partial charge in [-0.2, -0.15) is 0 Å². The molecule has 2 aromatic rings. The third-order valence-electron chi connectivity index (χ3n) is 4.07. The monoisotopic (exact) mass is 294 g/mol. The van der Waals surface area contributed by atoms with E-state index in [0.717, 1.165) is 21.9 Å². The Balaban J connectivity index is 1.87. The van der Waals surface area contributed by atoms with E-state index in [1.807, 2.05) is 12.1 Å². The SMILES string of the molecule is O=C(O)C1=Nc2ccc3c4c(ccc3c2C1)N=C(C(=O)O)C4. The molecule has 0 radical (unpaired) electrons. The zero-order chi connectivity index (χ0) is 15.4. The number of hydrogen-bond acceptors (Lipinski definition) is 4. The van der Waals surface area contributed by atoms with Gasteiger partial charge in [-0.25, -0.2) is 19.6 Å². The number of rotatable bonds is 2. The molecule has 2 aliphatic rings. The molecule has 2 aromatic carbocycles. The summed E-state index contributed by atoms with van der Waals surface area (Å²) in [6, 6.07) is 7.29. The molecule has 0 fully saturated rings. The maximum Gasteiger partial charge on any atom is 0.350 e. The van der Waals surface area contributed by atoms with E-state index in [1.165, 1.54) is 0 Å². The van der Waals surface area contributed by atoms with Gasteiger partial charge in [-0.1, -0.05) is 12.1 Å². The van der Waals surface area contributed by atoms with Gasteiger partial charge in [0.2, 0.25) is 0 Å². The molecule has 22 heavy (non-hydrogen) atoms. The van der Waals surface area contributed by atoms with Gasteiger partial charge < -0.3 is 10.2 Å².